The van der Waals surface area contributed by atoms with E-state index in [1.54, 1.807) is 20.0 Å². The average Bonchev–Trinajstić information content (AvgIpc) is 3.17. The minimum atomic E-state index is -0.929. The highest BCUT2D eigenvalue weighted by molar-refractivity contribution is 7.11. The van der Waals surface area contributed by atoms with E-state index in [4.69, 9.17) is 10.00 Å². The summed E-state index contributed by atoms with van der Waals surface area (Å²) in [7, 11) is 1.59. The molecule has 0 radical (unpaired) electrons. The predicted molar refractivity (Wildman–Crippen MR) is 107 cm³/mol. The van der Waals surface area contributed by atoms with Crippen molar-refractivity contribution in [2.45, 2.75) is 26.4 Å². The molecule has 0 saturated carbocycles. The normalized spacial score (nSPS) is 12.1. The number of ether oxygens (including phenoxy) is 1. The van der Waals surface area contributed by atoms with E-state index in [0.29, 0.717) is 12.1 Å². The highest BCUT2D eigenvalue weighted by atomic mass is 32.1. The van der Waals surface area contributed by atoms with Gasteiger partial charge in [-0.1, -0.05) is 35.9 Å². The Morgan fingerprint density at radius 2 is 2.11 bits per heavy atom. The van der Waals surface area contributed by atoms with Crippen LogP contribution < -0.4 is 0 Å². The largest absolute Gasteiger partial charge is 0.449 e. The van der Waals surface area contributed by atoms with Gasteiger partial charge in [-0.25, -0.2) is 4.79 Å². The van der Waals surface area contributed by atoms with Crippen molar-refractivity contribution in [3.63, 3.8) is 0 Å². The highest BCUT2D eigenvalue weighted by Crippen LogP contribution is 2.25. The lowest BCUT2D eigenvalue weighted by Gasteiger charge is -2.20. The summed E-state index contributed by atoms with van der Waals surface area (Å²) >= 11 is 1.44. The van der Waals surface area contributed by atoms with Crippen molar-refractivity contribution >= 4 is 34.9 Å². The van der Waals surface area contributed by atoms with Crippen LogP contribution in [0.3, 0.4) is 0 Å². The first-order valence-electron chi connectivity index (χ1n) is 8.57. The zero-order chi connectivity index (χ0) is 19.8. The highest BCUT2D eigenvalue weighted by Gasteiger charge is 2.24. The molecule has 1 aromatic carbocycles. The number of nitriles is 1. The number of benzene rings is 1. The minimum absolute atomic E-state index is 0.233. The van der Waals surface area contributed by atoms with Crippen LogP contribution in [0.5, 0.6) is 0 Å². The Labute approximate surface area is 163 Å². The first kappa shape index (κ1) is 20.4. The monoisotopic (exact) mass is 382 g/mol. The van der Waals surface area contributed by atoms with E-state index in [1.165, 1.54) is 16.2 Å². The van der Waals surface area contributed by atoms with Gasteiger partial charge in [0.15, 0.2) is 6.10 Å². The van der Waals surface area contributed by atoms with Crippen LogP contribution in [0.25, 0.3) is 11.6 Å². The van der Waals surface area contributed by atoms with Crippen LogP contribution in [0.1, 0.15) is 29.3 Å². The Morgan fingerprint density at radius 1 is 1.33 bits per heavy atom. The van der Waals surface area contributed by atoms with E-state index in [0.717, 1.165) is 16.0 Å². The van der Waals surface area contributed by atoms with Gasteiger partial charge in [0.1, 0.15) is 0 Å². The van der Waals surface area contributed by atoms with Crippen molar-refractivity contribution in [3.05, 3.63) is 57.8 Å². The molecular formula is C21H22N2O3S. The van der Waals surface area contributed by atoms with Gasteiger partial charge in [0.2, 0.25) is 0 Å². The molecule has 0 saturated heterocycles. The Hall–Kier alpha value is -2.91. The molecule has 0 aliphatic heterocycles. The van der Waals surface area contributed by atoms with E-state index in [9.17, 15) is 9.59 Å². The Bertz CT molecular complexity index is 866. The molecule has 0 aliphatic carbocycles. The second-order valence-corrected chi connectivity index (χ2v) is 7.11. The number of amides is 1. The molecule has 0 aliphatic rings. The van der Waals surface area contributed by atoms with Crippen molar-refractivity contribution < 1.29 is 14.3 Å². The van der Waals surface area contributed by atoms with Crippen molar-refractivity contribution in [2.24, 2.45) is 0 Å². The maximum atomic E-state index is 12.8. The number of likely N-dealkylation sites (N-methyl/N-ethyl adjacent to an activating group) is 1. The average molecular weight is 382 g/mol. The molecule has 0 N–H and O–H groups in total. The topological polar surface area (TPSA) is 70.4 Å². The third kappa shape index (κ3) is 5.80. The molecule has 1 aromatic heterocycles. The van der Waals surface area contributed by atoms with Crippen LogP contribution in [-0.2, 0) is 14.3 Å². The number of aryl methyl sites for hydroxylation is 1. The number of hydrogen-bond donors (Lipinski definition) is 0. The molecule has 2 aromatic rings. The molecule has 140 valence electrons. The van der Waals surface area contributed by atoms with Gasteiger partial charge in [-0.05, 0) is 36.9 Å². The van der Waals surface area contributed by atoms with E-state index in [-0.39, 0.29) is 12.3 Å². The van der Waals surface area contributed by atoms with Crippen LogP contribution in [0, 0.1) is 18.3 Å². The number of hydrogen-bond acceptors (Lipinski definition) is 5. The molecule has 0 fully saturated rings. The van der Waals surface area contributed by atoms with E-state index in [1.807, 2.05) is 54.8 Å². The van der Waals surface area contributed by atoms with Crippen molar-refractivity contribution in [2.75, 3.05) is 13.6 Å². The summed E-state index contributed by atoms with van der Waals surface area (Å²) in [4.78, 5) is 27.3. The lowest BCUT2D eigenvalue weighted by atomic mass is 10.1. The standard InChI is InChI=1S/C21H22N2O3S/c1-15-7-4-8-17(13-15)14-18(19-9-5-12-27-19)21(25)26-16(2)20(24)23(3)11-6-10-22/h4-5,7-9,12-14,16H,6,11H2,1-3H3/b18-14+/t16-/m1/s1. The lowest BCUT2D eigenvalue weighted by molar-refractivity contribution is -0.153. The lowest BCUT2D eigenvalue weighted by Crippen LogP contribution is -2.38. The first-order chi connectivity index (χ1) is 12.9. The summed E-state index contributed by atoms with van der Waals surface area (Å²) in [6.45, 7) is 3.83. The summed E-state index contributed by atoms with van der Waals surface area (Å²) < 4.78 is 5.43. The fraction of sp³-hybridized carbons (Fsp3) is 0.286. The van der Waals surface area contributed by atoms with E-state index >= 15 is 0 Å². The van der Waals surface area contributed by atoms with Gasteiger partial charge in [0.05, 0.1) is 18.1 Å². The Balaban J connectivity index is 2.20. The molecule has 5 nitrogen and oxygen atoms in total. The first-order valence-corrected chi connectivity index (χ1v) is 9.45. The molecular weight excluding hydrogens is 360 g/mol. The molecule has 27 heavy (non-hydrogen) atoms. The summed E-state index contributed by atoms with van der Waals surface area (Å²) in [5.41, 5.74) is 2.39. The second-order valence-electron chi connectivity index (χ2n) is 6.16. The minimum Gasteiger partial charge on any atom is -0.449 e. The van der Waals surface area contributed by atoms with Gasteiger partial charge in [0.25, 0.3) is 5.91 Å². The van der Waals surface area contributed by atoms with Crippen LogP contribution in [0.2, 0.25) is 0 Å². The van der Waals surface area contributed by atoms with Gasteiger partial charge in [-0.3, -0.25) is 4.79 Å². The van der Waals surface area contributed by atoms with Gasteiger partial charge in [-0.2, -0.15) is 5.26 Å². The zero-order valence-electron chi connectivity index (χ0n) is 15.6. The molecule has 0 spiro atoms. The van der Waals surface area contributed by atoms with Gasteiger partial charge >= 0.3 is 5.97 Å². The number of nitrogens with zero attached hydrogens (tertiary/aromatic N) is 2. The molecule has 0 unspecified atom stereocenters. The van der Waals surface area contributed by atoms with Gasteiger partial charge < -0.3 is 9.64 Å². The molecule has 1 heterocycles. The summed E-state index contributed by atoms with van der Waals surface area (Å²) in [5, 5.41) is 10.5. The third-order valence-corrected chi connectivity index (χ3v) is 4.83. The maximum absolute atomic E-state index is 12.8. The Kier molecular flexibility index (Phi) is 7.33. The smallest absolute Gasteiger partial charge is 0.340 e. The van der Waals surface area contributed by atoms with E-state index < -0.39 is 12.1 Å². The fourth-order valence-corrected chi connectivity index (χ4v) is 3.23. The van der Waals surface area contributed by atoms with Crippen LogP contribution in [0.4, 0.5) is 0 Å². The van der Waals surface area contributed by atoms with Crippen LogP contribution >= 0.6 is 11.3 Å². The molecule has 1 atom stereocenters. The van der Waals surface area contributed by atoms with Crippen LogP contribution in [-0.4, -0.2) is 36.5 Å². The summed E-state index contributed by atoms with van der Waals surface area (Å²) in [5.74, 6) is -0.881. The number of carbonyl (C=O) groups is 2. The summed E-state index contributed by atoms with van der Waals surface area (Å²) in [6.07, 6.45) is 1.08. The van der Waals surface area contributed by atoms with E-state index in [2.05, 4.69) is 0 Å². The molecule has 2 rings (SSSR count). The number of esters is 1. The maximum Gasteiger partial charge on any atom is 0.340 e. The Morgan fingerprint density at radius 3 is 2.74 bits per heavy atom. The SMILES string of the molecule is Cc1cccc(/C=C(/C(=O)O[C@H](C)C(=O)N(C)CCC#N)c2cccs2)c1. The number of carbonyl (C=O) groups excluding carboxylic acids is 2. The molecule has 0 bridgehead atoms. The zero-order valence-corrected chi connectivity index (χ0v) is 16.5. The molecule has 6 heteroatoms. The van der Waals surface area contributed by atoms with Gasteiger partial charge in [0, 0.05) is 18.5 Å². The predicted octanol–water partition coefficient (Wildman–Crippen LogP) is 3.90. The second kappa shape index (κ2) is 9.70. The van der Waals surface area contributed by atoms with Crippen molar-refractivity contribution in [1.29, 1.82) is 5.26 Å². The number of thiophene rings is 1. The third-order valence-electron chi connectivity index (χ3n) is 3.93. The quantitative estimate of drug-likeness (QED) is 0.538. The van der Waals surface area contributed by atoms with Crippen molar-refractivity contribution in [1.82, 2.24) is 4.90 Å². The number of rotatable bonds is 7. The van der Waals surface area contributed by atoms with Crippen molar-refractivity contribution in [3.8, 4) is 6.07 Å². The molecule has 1 amide bonds. The van der Waals surface area contributed by atoms with Gasteiger partial charge in [-0.15, -0.1) is 11.3 Å². The fourth-order valence-electron chi connectivity index (χ4n) is 2.50. The summed E-state index contributed by atoms with van der Waals surface area (Å²) in [6, 6.07) is 13.5. The van der Waals surface area contributed by atoms with Crippen LogP contribution in [0.15, 0.2) is 41.8 Å².